The van der Waals surface area contributed by atoms with E-state index in [-0.39, 0.29) is 11.9 Å². The average molecular weight is 304 g/mol. The Morgan fingerprint density at radius 2 is 2.05 bits per heavy atom. The van der Waals surface area contributed by atoms with Crippen LogP contribution in [0.2, 0.25) is 0 Å². The molecule has 0 spiro atoms. The fraction of sp³-hybridized carbons (Fsp3) is 0.611. The highest BCUT2D eigenvalue weighted by Gasteiger charge is 2.37. The van der Waals surface area contributed by atoms with Crippen LogP contribution in [-0.2, 0) is 9.53 Å². The molecule has 1 aromatic rings. The van der Waals surface area contributed by atoms with Crippen LogP contribution in [0.1, 0.15) is 39.2 Å². The van der Waals surface area contributed by atoms with Crippen molar-refractivity contribution in [3.8, 4) is 0 Å². The molecule has 1 unspecified atom stereocenters. The Hall–Kier alpha value is -1.55. The van der Waals surface area contributed by atoms with Gasteiger partial charge in [0.05, 0.1) is 12.6 Å². The van der Waals surface area contributed by atoms with E-state index in [4.69, 9.17) is 4.74 Å². The second kappa shape index (κ2) is 7.14. The molecule has 1 heterocycles. The maximum Gasteiger partial charge on any atom is 0.247 e. The number of carbonyl (C=O) groups is 1. The first-order valence-corrected chi connectivity index (χ1v) is 8.17. The van der Waals surface area contributed by atoms with Crippen molar-refractivity contribution in [2.45, 2.75) is 52.1 Å². The maximum absolute atomic E-state index is 12.9. The number of hydrogen-bond acceptors (Lipinski definition) is 3. The highest BCUT2D eigenvalue weighted by atomic mass is 16.5. The van der Waals surface area contributed by atoms with E-state index in [9.17, 15) is 4.79 Å². The number of anilines is 1. The fourth-order valence-electron chi connectivity index (χ4n) is 2.94. The average Bonchev–Trinajstić information content (AvgIpc) is 2.94. The summed E-state index contributed by atoms with van der Waals surface area (Å²) in [6.45, 7) is 10.1. The first-order chi connectivity index (χ1) is 10.4. The second-order valence-electron chi connectivity index (χ2n) is 6.57. The van der Waals surface area contributed by atoms with Crippen LogP contribution in [-0.4, -0.2) is 42.1 Å². The fourth-order valence-corrected chi connectivity index (χ4v) is 2.94. The van der Waals surface area contributed by atoms with Gasteiger partial charge in [-0.25, -0.2) is 0 Å². The Balaban J connectivity index is 2.04. The van der Waals surface area contributed by atoms with Crippen LogP contribution in [0.4, 0.5) is 5.69 Å². The molecule has 0 aromatic heterocycles. The second-order valence-corrected chi connectivity index (χ2v) is 6.57. The van der Waals surface area contributed by atoms with Crippen molar-refractivity contribution >= 4 is 11.6 Å². The molecule has 1 aromatic carbocycles. The standard InChI is InChI=1S/C18H28N2O2/c1-5-22-13-16-7-6-12-20(16)17(21)18(3,4)19-15-10-8-14(2)9-11-15/h8-11,16,19H,5-7,12-13H2,1-4H3. The molecular weight excluding hydrogens is 276 g/mol. The number of aryl methyl sites for hydroxylation is 1. The third-order valence-electron chi connectivity index (χ3n) is 4.20. The predicted octanol–water partition coefficient (Wildman–Crippen LogP) is 3.21. The third-order valence-corrected chi connectivity index (χ3v) is 4.20. The Labute approximate surface area is 133 Å². The smallest absolute Gasteiger partial charge is 0.247 e. The number of ether oxygens (including phenoxy) is 1. The van der Waals surface area contributed by atoms with Gasteiger partial charge in [0.25, 0.3) is 0 Å². The molecule has 1 aliphatic heterocycles. The summed E-state index contributed by atoms with van der Waals surface area (Å²) in [5.74, 6) is 0.148. The minimum atomic E-state index is -0.621. The van der Waals surface area contributed by atoms with Crippen LogP contribution < -0.4 is 5.32 Å². The maximum atomic E-state index is 12.9. The molecule has 0 bridgehead atoms. The third kappa shape index (κ3) is 4.01. The number of benzene rings is 1. The van der Waals surface area contributed by atoms with Gasteiger partial charge in [0.1, 0.15) is 5.54 Å². The molecular formula is C18H28N2O2. The highest BCUT2D eigenvalue weighted by molar-refractivity contribution is 5.89. The number of rotatable bonds is 6. The largest absolute Gasteiger partial charge is 0.380 e. The van der Waals surface area contributed by atoms with E-state index in [0.29, 0.717) is 13.2 Å². The Morgan fingerprint density at radius 1 is 1.36 bits per heavy atom. The monoisotopic (exact) mass is 304 g/mol. The van der Waals surface area contributed by atoms with Crippen molar-refractivity contribution in [2.24, 2.45) is 0 Å². The van der Waals surface area contributed by atoms with Gasteiger partial charge in [-0.2, -0.15) is 0 Å². The van der Waals surface area contributed by atoms with Crippen molar-refractivity contribution in [1.82, 2.24) is 4.90 Å². The summed E-state index contributed by atoms with van der Waals surface area (Å²) in [4.78, 5) is 14.9. The van der Waals surface area contributed by atoms with Gasteiger partial charge >= 0.3 is 0 Å². The summed E-state index contributed by atoms with van der Waals surface area (Å²) in [6.07, 6.45) is 2.09. The summed E-state index contributed by atoms with van der Waals surface area (Å²) < 4.78 is 5.53. The van der Waals surface area contributed by atoms with Gasteiger partial charge < -0.3 is 15.0 Å². The van der Waals surface area contributed by atoms with E-state index in [2.05, 4.69) is 24.4 Å². The number of nitrogens with zero attached hydrogens (tertiary/aromatic N) is 1. The van der Waals surface area contributed by atoms with E-state index in [1.54, 1.807) is 0 Å². The van der Waals surface area contributed by atoms with Crippen LogP contribution in [0.3, 0.4) is 0 Å². The van der Waals surface area contributed by atoms with Crippen LogP contribution >= 0.6 is 0 Å². The molecule has 0 saturated carbocycles. The Kier molecular flexibility index (Phi) is 5.46. The number of likely N-dealkylation sites (tertiary alicyclic amines) is 1. The molecule has 22 heavy (non-hydrogen) atoms. The number of nitrogens with one attached hydrogen (secondary N) is 1. The highest BCUT2D eigenvalue weighted by Crippen LogP contribution is 2.24. The normalized spacial score (nSPS) is 18.5. The molecule has 0 aliphatic carbocycles. The van der Waals surface area contributed by atoms with Crippen molar-refractivity contribution in [3.05, 3.63) is 29.8 Å². The molecule has 2 rings (SSSR count). The van der Waals surface area contributed by atoms with E-state index < -0.39 is 5.54 Å². The molecule has 122 valence electrons. The number of carbonyl (C=O) groups excluding carboxylic acids is 1. The van der Waals surface area contributed by atoms with Gasteiger partial charge in [-0.1, -0.05) is 17.7 Å². The topological polar surface area (TPSA) is 41.6 Å². The molecule has 1 saturated heterocycles. The quantitative estimate of drug-likeness (QED) is 0.877. The minimum absolute atomic E-state index is 0.148. The summed E-state index contributed by atoms with van der Waals surface area (Å²) >= 11 is 0. The summed E-state index contributed by atoms with van der Waals surface area (Å²) in [6, 6.07) is 8.36. The van der Waals surface area contributed by atoms with Crippen molar-refractivity contribution in [1.29, 1.82) is 0 Å². The lowest BCUT2D eigenvalue weighted by atomic mass is 10.0. The lowest BCUT2D eigenvalue weighted by Gasteiger charge is -2.34. The SMILES string of the molecule is CCOCC1CCCN1C(=O)C(C)(C)Nc1ccc(C)cc1. The molecule has 1 amide bonds. The molecule has 4 nitrogen and oxygen atoms in total. The number of hydrogen-bond donors (Lipinski definition) is 1. The zero-order valence-electron chi connectivity index (χ0n) is 14.2. The number of amides is 1. The van der Waals surface area contributed by atoms with Gasteiger partial charge in [-0.15, -0.1) is 0 Å². The van der Waals surface area contributed by atoms with Gasteiger partial charge in [-0.3, -0.25) is 4.79 Å². The Bertz CT molecular complexity index is 496. The molecule has 4 heteroatoms. The van der Waals surface area contributed by atoms with Crippen molar-refractivity contribution in [3.63, 3.8) is 0 Å². The van der Waals surface area contributed by atoms with Gasteiger partial charge in [0, 0.05) is 18.8 Å². The molecule has 1 fully saturated rings. The Morgan fingerprint density at radius 3 is 2.68 bits per heavy atom. The van der Waals surface area contributed by atoms with Gasteiger partial charge in [0.15, 0.2) is 0 Å². The molecule has 1 aliphatic rings. The van der Waals surface area contributed by atoms with Crippen LogP contribution in [0.15, 0.2) is 24.3 Å². The molecule has 1 N–H and O–H groups in total. The zero-order valence-corrected chi connectivity index (χ0v) is 14.2. The summed E-state index contributed by atoms with van der Waals surface area (Å²) in [5, 5.41) is 3.37. The molecule has 1 atom stereocenters. The van der Waals surface area contributed by atoms with E-state index in [1.807, 2.05) is 37.8 Å². The minimum Gasteiger partial charge on any atom is -0.380 e. The zero-order chi connectivity index (χ0) is 16.2. The first kappa shape index (κ1) is 16.8. The van der Waals surface area contributed by atoms with E-state index in [0.717, 1.165) is 25.1 Å². The summed E-state index contributed by atoms with van der Waals surface area (Å²) in [7, 11) is 0. The van der Waals surface area contributed by atoms with Crippen molar-refractivity contribution in [2.75, 3.05) is 25.1 Å². The van der Waals surface area contributed by atoms with Crippen LogP contribution in [0.25, 0.3) is 0 Å². The van der Waals surface area contributed by atoms with Crippen LogP contribution in [0.5, 0.6) is 0 Å². The lowest BCUT2D eigenvalue weighted by molar-refractivity contribution is -0.136. The van der Waals surface area contributed by atoms with E-state index in [1.165, 1.54) is 5.56 Å². The molecule has 0 radical (unpaired) electrons. The van der Waals surface area contributed by atoms with Gasteiger partial charge in [0.2, 0.25) is 5.91 Å². The predicted molar refractivity (Wildman–Crippen MR) is 90.1 cm³/mol. The first-order valence-electron chi connectivity index (χ1n) is 8.17. The summed E-state index contributed by atoms with van der Waals surface area (Å²) in [5.41, 5.74) is 1.57. The van der Waals surface area contributed by atoms with E-state index >= 15 is 0 Å². The lowest BCUT2D eigenvalue weighted by Crippen LogP contribution is -2.52. The van der Waals surface area contributed by atoms with Crippen LogP contribution in [0, 0.1) is 6.92 Å². The van der Waals surface area contributed by atoms with Crippen molar-refractivity contribution < 1.29 is 9.53 Å². The van der Waals surface area contributed by atoms with Gasteiger partial charge in [-0.05, 0) is 52.7 Å².